The van der Waals surface area contributed by atoms with Gasteiger partial charge in [-0.05, 0) is 54.6 Å². The number of aromatic nitrogens is 1. The predicted molar refractivity (Wildman–Crippen MR) is 104 cm³/mol. The van der Waals surface area contributed by atoms with Crippen molar-refractivity contribution in [2.24, 2.45) is 0 Å². The predicted octanol–water partition coefficient (Wildman–Crippen LogP) is 2.67. The van der Waals surface area contributed by atoms with Crippen LogP contribution in [-0.2, 0) is 6.54 Å². The van der Waals surface area contributed by atoms with E-state index in [0.717, 1.165) is 27.8 Å². The fraction of sp³-hybridized carbons (Fsp3) is 0.286. The Bertz CT molecular complexity index is 949. The lowest BCUT2D eigenvalue weighted by atomic mass is 10.1. The molecule has 1 aromatic heterocycles. The number of aliphatic hydroxyl groups excluding tert-OH is 1. The van der Waals surface area contributed by atoms with Gasteiger partial charge in [-0.15, -0.1) is 0 Å². The first-order valence-corrected chi connectivity index (χ1v) is 8.72. The second kappa shape index (κ2) is 8.17. The lowest BCUT2D eigenvalue weighted by Crippen LogP contribution is -2.32. The Morgan fingerprint density at radius 2 is 1.92 bits per heavy atom. The van der Waals surface area contributed by atoms with Crippen molar-refractivity contribution < 1.29 is 9.84 Å². The summed E-state index contributed by atoms with van der Waals surface area (Å²) in [6, 6.07) is 15.6. The van der Waals surface area contributed by atoms with Crippen molar-refractivity contribution in [1.29, 1.82) is 0 Å². The number of pyridine rings is 1. The molecule has 0 aliphatic rings. The minimum Gasteiger partial charge on any atom is -0.491 e. The highest BCUT2D eigenvalue weighted by Crippen LogP contribution is 2.13. The van der Waals surface area contributed by atoms with Crippen molar-refractivity contribution in [2.45, 2.75) is 26.5 Å². The SMILES string of the molecule is Cc1cccc(OCC(O)CNCc2cc3ccc(C)cc3[nH]c2=O)c1. The summed E-state index contributed by atoms with van der Waals surface area (Å²) in [6.45, 7) is 4.92. The second-order valence-electron chi connectivity index (χ2n) is 6.63. The number of aryl methyl sites for hydroxylation is 2. The maximum atomic E-state index is 12.2. The molecule has 0 amide bonds. The molecule has 2 aromatic carbocycles. The fourth-order valence-corrected chi connectivity index (χ4v) is 2.82. The minimum atomic E-state index is -0.655. The minimum absolute atomic E-state index is 0.110. The Balaban J connectivity index is 1.52. The average Bonchev–Trinajstić information content (AvgIpc) is 2.60. The van der Waals surface area contributed by atoms with E-state index in [1.54, 1.807) is 0 Å². The molecule has 0 aliphatic carbocycles. The lowest BCUT2D eigenvalue weighted by Gasteiger charge is -2.13. The van der Waals surface area contributed by atoms with Crippen LogP contribution in [-0.4, -0.2) is 29.3 Å². The Labute approximate surface area is 152 Å². The fourth-order valence-electron chi connectivity index (χ4n) is 2.82. The average molecular weight is 352 g/mol. The smallest absolute Gasteiger partial charge is 0.252 e. The van der Waals surface area contributed by atoms with Gasteiger partial charge in [0.15, 0.2) is 0 Å². The first kappa shape index (κ1) is 18.2. The van der Waals surface area contributed by atoms with Gasteiger partial charge in [0.1, 0.15) is 18.5 Å². The first-order chi connectivity index (χ1) is 12.5. The van der Waals surface area contributed by atoms with E-state index in [4.69, 9.17) is 4.74 Å². The third-order valence-electron chi connectivity index (χ3n) is 4.21. The van der Waals surface area contributed by atoms with Gasteiger partial charge in [0.05, 0.1) is 0 Å². The zero-order chi connectivity index (χ0) is 18.5. The maximum Gasteiger partial charge on any atom is 0.252 e. The Morgan fingerprint density at radius 3 is 2.73 bits per heavy atom. The van der Waals surface area contributed by atoms with Gasteiger partial charge < -0.3 is 20.1 Å². The van der Waals surface area contributed by atoms with Crippen molar-refractivity contribution in [1.82, 2.24) is 10.3 Å². The number of fused-ring (bicyclic) bond motifs is 1. The Hall–Kier alpha value is -2.63. The van der Waals surface area contributed by atoms with Crippen molar-refractivity contribution in [3.05, 3.63) is 75.6 Å². The summed E-state index contributed by atoms with van der Waals surface area (Å²) in [5, 5.41) is 14.2. The molecule has 0 bridgehead atoms. The molecule has 0 saturated heterocycles. The molecule has 1 atom stereocenters. The van der Waals surface area contributed by atoms with Crippen molar-refractivity contribution >= 4 is 10.9 Å². The van der Waals surface area contributed by atoms with Crippen LogP contribution in [0.2, 0.25) is 0 Å². The van der Waals surface area contributed by atoms with Crippen LogP contribution >= 0.6 is 0 Å². The molecule has 5 nitrogen and oxygen atoms in total. The van der Waals surface area contributed by atoms with Gasteiger partial charge in [0, 0.05) is 24.2 Å². The molecule has 3 aromatic rings. The molecule has 0 aliphatic heterocycles. The quantitative estimate of drug-likeness (QED) is 0.611. The van der Waals surface area contributed by atoms with Gasteiger partial charge >= 0.3 is 0 Å². The van der Waals surface area contributed by atoms with Gasteiger partial charge in [0.25, 0.3) is 5.56 Å². The standard InChI is InChI=1S/C21H24N2O3/c1-14-4-3-5-19(8-14)26-13-18(24)12-22-11-17-10-16-7-6-15(2)9-20(16)23-21(17)25/h3-10,18,22,24H,11-13H2,1-2H3,(H,23,25). The molecular weight excluding hydrogens is 328 g/mol. The highest BCUT2D eigenvalue weighted by atomic mass is 16.5. The van der Waals surface area contributed by atoms with Crippen molar-refractivity contribution in [3.8, 4) is 5.75 Å². The number of aliphatic hydroxyl groups is 1. The highest BCUT2D eigenvalue weighted by Gasteiger charge is 2.07. The summed E-state index contributed by atoms with van der Waals surface area (Å²) in [5.74, 6) is 0.741. The molecule has 1 unspecified atom stereocenters. The van der Waals surface area contributed by atoms with Gasteiger partial charge in [-0.25, -0.2) is 0 Å². The zero-order valence-electron chi connectivity index (χ0n) is 15.1. The van der Waals surface area contributed by atoms with E-state index in [-0.39, 0.29) is 12.2 Å². The first-order valence-electron chi connectivity index (χ1n) is 8.72. The van der Waals surface area contributed by atoms with Gasteiger partial charge in [-0.1, -0.05) is 24.3 Å². The molecule has 26 heavy (non-hydrogen) atoms. The van der Waals surface area contributed by atoms with E-state index in [1.165, 1.54) is 0 Å². The van der Waals surface area contributed by atoms with Crippen LogP contribution in [0.5, 0.6) is 5.75 Å². The van der Waals surface area contributed by atoms with Crippen molar-refractivity contribution in [3.63, 3.8) is 0 Å². The van der Waals surface area contributed by atoms with E-state index < -0.39 is 6.10 Å². The number of aromatic amines is 1. The van der Waals surface area contributed by atoms with E-state index in [2.05, 4.69) is 10.3 Å². The molecule has 0 spiro atoms. The number of nitrogens with one attached hydrogen (secondary N) is 2. The van der Waals surface area contributed by atoms with Gasteiger partial charge in [0.2, 0.25) is 0 Å². The van der Waals surface area contributed by atoms with E-state index in [1.807, 2.05) is 62.4 Å². The largest absolute Gasteiger partial charge is 0.491 e. The van der Waals surface area contributed by atoms with E-state index in [9.17, 15) is 9.90 Å². The molecule has 0 saturated carbocycles. The van der Waals surface area contributed by atoms with Crippen LogP contribution in [0.4, 0.5) is 0 Å². The number of rotatable bonds is 7. The maximum absolute atomic E-state index is 12.2. The van der Waals surface area contributed by atoms with Crippen LogP contribution in [0.3, 0.4) is 0 Å². The molecular formula is C21H24N2O3. The summed E-state index contributed by atoms with van der Waals surface area (Å²) in [4.78, 5) is 15.1. The Morgan fingerprint density at radius 1 is 1.12 bits per heavy atom. The number of hydrogen-bond acceptors (Lipinski definition) is 4. The van der Waals surface area contributed by atoms with Crippen LogP contribution in [0.1, 0.15) is 16.7 Å². The number of H-pyrrole nitrogens is 1. The summed E-state index contributed by atoms with van der Waals surface area (Å²) in [6.07, 6.45) is -0.655. The zero-order valence-corrected chi connectivity index (χ0v) is 15.1. The van der Waals surface area contributed by atoms with Crippen molar-refractivity contribution in [2.75, 3.05) is 13.2 Å². The second-order valence-corrected chi connectivity index (χ2v) is 6.63. The molecule has 1 heterocycles. The highest BCUT2D eigenvalue weighted by molar-refractivity contribution is 5.79. The van der Waals surface area contributed by atoms with Gasteiger partial charge in [-0.2, -0.15) is 0 Å². The molecule has 136 valence electrons. The van der Waals surface area contributed by atoms with Crippen LogP contribution in [0.15, 0.2) is 53.3 Å². The van der Waals surface area contributed by atoms with Crippen LogP contribution < -0.4 is 15.6 Å². The molecule has 0 fully saturated rings. The van der Waals surface area contributed by atoms with Crippen LogP contribution in [0.25, 0.3) is 10.9 Å². The normalized spacial score (nSPS) is 12.3. The number of ether oxygens (including phenoxy) is 1. The summed E-state index contributed by atoms with van der Waals surface area (Å²) < 4.78 is 5.59. The van der Waals surface area contributed by atoms with E-state index in [0.29, 0.717) is 18.7 Å². The lowest BCUT2D eigenvalue weighted by molar-refractivity contribution is 0.106. The molecule has 5 heteroatoms. The third kappa shape index (κ3) is 4.71. The summed E-state index contributed by atoms with van der Waals surface area (Å²) >= 11 is 0. The third-order valence-corrected chi connectivity index (χ3v) is 4.21. The summed E-state index contributed by atoms with van der Waals surface area (Å²) in [7, 11) is 0. The number of hydrogen-bond donors (Lipinski definition) is 3. The number of benzene rings is 2. The topological polar surface area (TPSA) is 74.3 Å². The summed E-state index contributed by atoms with van der Waals surface area (Å²) in [5.41, 5.74) is 3.59. The van der Waals surface area contributed by atoms with E-state index >= 15 is 0 Å². The Kier molecular flexibility index (Phi) is 5.71. The molecule has 0 radical (unpaired) electrons. The molecule has 3 N–H and O–H groups in total. The van der Waals surface area contributed by atoms with Crippen LogP contribution in [0, 0.1) is 13.8 Å². The monoisotopic (exact) mass is 352 g/mol. The van der Waals surface area contributed by atoms with Gasteiger partial charge in [-0.3, -0.25) is 4.79 Å². The molecule has 3 rings (SSSR count).